The van der Waals surface area contributed by atoms with Crippen LogP contribution in [-0.2, 0) is 25.7 Å². The molecule has 4 heteroatoms. The van der Waals surface area contributed by atoms with Gasteiger partial charge < -0.3 is 20.3 Å². The number of allylic oxidation sites excluding steroid dienone is 6. The molecule has 58 heavy (non-hydrogen) atoms. The van der Waals surface area contributed by atoms with Crippen LogP contribution in [-0.4, -0.2) is 14.8 Å². The summed E-state index contributed by atoms with van der Waals surface area (Å²) in [6.07, 6.45) is 14.6. The second-order valence-electron chi connectivity index (χ2n) is 16.3. The Morgan fingerprint density at radius 1 is 0.655 bits per heavy atom. The van der Waals surface area contributed by atoms with Gasteiger partial charge in [-0.2, -0.15) is 0 Å². The lowest BCUT2D eigenvalue weighted by molar-refractivity contribution is 0.884. The summed E-state index contributed by atoms with van der Waals surface area (Å²) in [5.41, 5.74) is 29.5. The summed E-state index contributed by atoms with van der Waals surface area (Å²) in [6, 6.07) is 36.5. The number of benzene rings is 6. The molecule has 0 spiro atoms. The minimum Gasteiger partial charge on any atom is -0.405 e. The van der Waals surface area contributed by atoms with Gasteiger partial charge in [-0.15, -0.1) is 0 Å². The molecule has 3 N–H and O–H groups in total. The van der Waals surface area contributed by atoms with Crippen molar-refractivity contribution in [2.45, 2.75) is 59.8 Å². The maximum Gasteiger partial charge on any atom is 0.0579 e. The van der Waals surface area contributed by atoms with Gasteiger partial charge in [-0.25, -0.2) is 0 Å². The summed E-state index contributed by atoms with van der Waals surface area (Å²) in [6.45, 7) is 12.6. The number of nitrogens with zero attached hydrogens (tertiary/aromatic N) is 2. The van der Waals surface area contributed by atoms with Crippen molar-refractivity contribution in [2.75, 3.05) is 0 Å². The molecule has 4 nitrogen and oxygen atoms in total. The van der Waals surface area contributed by atoms with Crippen LogP contribution in [0.1, 0.15) is 53.6 Å². The molecule has 8 aromatic rings. The van der Waals surface area contributed by atoms with E-state index in [1.165, 1.54) is 105 Å². The predicted octanol–water partition coefficient (Wildman–Crippen LogP) is 13.5. The molecule has 0 aliphatic heterocycles. The molecule has 0 atom stereocenters. The van der Waals surface area contributed by atoms with Crippen LogP contribution in [0.2, 0.25) is 0 Å². The first-order valence-electron chi connectivity index (χ1n) is 20.7. The zero-order valence-electron chi connectivity index (χ0n) is 33.8. The summed E-state index contributed by atoms with van der Waals surface area (Å²) in [5, 5.41) is 13.6. The first kappa shape index (κ1) is 35.7. The number of hydrogen-bond donors (Lipinski definition) is 2. The van der Waals surface area contributed by atoms with E-state index in [0.717, 1.165) is 49.0 Å². The minimum atomic E-state index is 0.503. The van der Waals surface area contributed by atoms with Gasteiger partial charge in [-0.05, 0) is 169 Å². The SMILES string of the molecule is C=C/C(=C\C(C)=N)n1c2ccc(-c3cccc(C)c3)cc2c2cc3c4c(c21)CCc1cc2c5cc(-c6cccc(C)c6)ccc5n(C(/C=C\N)=C/CC)c2c(c1-4)CC3. The highest BCUT2D eigenvalue weighted by atomic mass is 15.0. The molecule has 0 saturated carbocycles. The summed E-state index contributed by atoms with van der Waals surface area (Å²) < 4.78 is 4.88. The highest BCUT2D eigenvalue weighted by Gasteiger charge is 2.33. The standard InChI is InChI=1S/C54H48N4/c1-6-10-42(23-24-55)58-50-22-18-38(36-14-9-12-33(4)26-36)29-46(50)48-31-40-15-19-43-51-39(16-20-44(52(40)51)54(48)58)30-47-45-28-37(35-13-8-11-32(3)25-35)17-21-49(45)57(53(43)47)41(7-2)27-34(5)56/h7-14,17-18,21-31,56H,2,6,15-16,19-20,55H2,1,3-5H3/b24-23-,41-27+,42-10+,56-34?. The van der Waals surface area contributed by atoms with Gasteiger partial charge in [0, 0.05) is 38.7 Å². The van der Waals surface area contributed by atoms with Crippen molar-refractivity contribution < 1.29 is 0 Å². The van der Waals surface area contributed by atoms with Gasteiger partial charge in [-0.3, -0.25) is 0 Å². The third-order valence-corrected chi connectivity index (χ3v) is 12.5. The van der Waals surface area contributed by atoms with Gasteiger partial charge in [0.2, 0.25) is 0 Å². The van der Waals surface area contributed by atoms with Crippen LogP contribution in [0.4, 0.5) is 0 Å². The normalized spacial score (nSPS) is 14.0. The lowest BCUT2D eigenvalue weighted by Gasteiger charge is -2.31. The first-order valence-corrected chi connectivity index (χ1v) is 20.7. The Kier molecular flexibility index (Phi) is 8.49. The predicted molar refractivity (Wildman–Crippen MR) is 249 cm³/mol. The molecule has 10 rings (SSSR count). The van der Waals surface area contributed by atoms with Crippen LogP contribution < -0.4 is 5.73 Å². The lowest BCUT2D eigenvalue weighted by Crippen LogP contribution is -2.16. The number of fused-ring (bicyclic) bond motifs is 8. The van der Waals surface area contributed by atoms with E-state index in [1.807, 2.05) is 19.1 Å². The van der Waals surface area contributed by atoms with Gasteiger partial charge in [0.25, 0.3) is 0 Å². The molecule has 0 unspecified atom stereocenters. The Bertz CT molecular complexity index is 3170. The molecule has 2 aliphatic carbocycles. The lowest BCUT2D eigenvalue weighted by atomic mass is 9.74. The number of aromatic nitrogens is 2. The molecule has 6 aromatic carbocycles. The molecule has 0 amide bonds. The van der Waals surface area contributed by atoms with Crippen molar-refractivity contribution in [2.24, 2.45) is 5.73 Å². The zero-order chi connectivity index (χ0) is 39.8. The smallest absolute Gasteiger partial charge is 0.0579 e. The average Bonchev–Trinajstić information content (AvgIpc) is 3.73. The number of nitrogens with two attached hydrogens (primary N) is 1. The Hall–Kier alpha value is -6.65. The number of hydrogen-bond acceptors (Lipinski definition) is 2. The van der Waals surface area contributed by atoms with Crippen molar-refractivity contribution >= 4 is 60.7 Å². The Morgan fingerprint density at radius 3 is 1.60 bits per heavy atom. The largest absolute Gasteiger partial charge is 0.405 e. The van der Waals surface area contributed by atoms with E-state index in [9.17, 15) is 0 Å². The fraction of sp³-hybridized carbons (Fsp3) is 0.167. The molecule has 0 bridgehead atoms. The molecule has 2 aliphatic rings. The third kappa shape index (κ3) is 5.46. The van der Waals surface area contributed by atoms with Crippen molar-refractivity contribution in [1.29, 1.82) is 5.41 Å². The van der Waals surface area contributed by atoms with E-state index < -0.39 is 0 Å². The molecule has 284 valence electrons. The van der Waals surface area contributed by atoms with E-state index in [1.54, 1.807) is 6.20 Å². The quantitative estimate of drug-likeness (QED) is 0.118. The Labute approximate surface area is 340 Å². The summed E-state index contributed by atoms with van der Waals surface area (Å²) in [7, 11) is 0. The van der Waals surface area contributed by atoms with Crippen molar-refractivity contribution in [3.05, 3.63) is 168 Å². The fourth-order valence-electron chi connectivity index (χ4n) is 10.2. The van der Waals surface area contributed by atoms with Gasteiger partial charge in [-0.1, -0.05) is 91.4 Å². The molecular formula is C54H48N4. The topological polar surface area (TPSA) is 59.7 Å². The highest BCUT2D eigenvalue weighted by molar-refractivity contribution is 6.18. The average molecular weight is 753 g/mol. The Balaban J connectivity index is 1.30. The van der Waals surface area contributed by atoms with Crippen molar-refractivity contribution in [3.63, 3.8) is 0 Å². The monoisotopic (exact) mass is 752 g/mol. The third-order valence-electron chi connectivity index (χ3n) is 12.5. The zero-order valence-corrected chi connectivity index (χ0v) is 33.8. The van der Waals surface area contributed by atoms with E-state index in [2.05, 4.69) is 146 Å². The van der Waals surface area contributed by atoms with Gasteiger partial charge in [0.1, 0.15) is 0 Å². The van der Waals surface area contributed by atoms with Crippen LogP contribution in [0, 0.1) is 19.3 Å². The van der Waals surface area contributed by atoms with E-state index >= 15 is 0 Å². The van der Waals surface area contributed by atoms with E-state index in [-0.39, 0.29) is 0 Å². The van der Waals surface area contributed by atoms with Gasteiger partial charge in [0.05, 0.1) is 22.1 Å². The molecule has 0 saturated heterocycles. The van der Waals surface area contributed by atoms with Crippen LogP contribution in [0.25, 0.3) is 88.4 Å². The van der Waals surface area contributed by atoms with Crippen molar-refractivity contribution in [3.8, 4) is 33.4 Å². The summed E-state index contributed by atoms with van der Waals surface area (Å²) >= 11 is 0. The fourth-order valence-corrected chi connectivity index (χ4v) is 10.2. The van der Waals surface area contributed by atoms with Crippen LogP contribution in [0.3, 0.4) is 0 Å². The maximum atomic E-state index is 8.52. The van der Waals surface area contributed by atoms with E-state index in [0.29, 0.717) is 5.71 Å². The second-order valence-corrected chi connectivity index (χ2v) is 16.3. The molecule has 2 heterocycles. The number of aryl methyl sites for hydroxylation is 6. The second kappa shape index (κ2) is 13.8. The minimum absolute atomic E-state index is 0.503. The molecular weight excluding hydrogens is 705 g/mol. The van der Waals surface area contributed by atoms with Gasteiger partial charge >= 0.3 is 0 Å². The molecule has 0 radical (unpaired) electrons. The summed E-state index contributed by atoms with van der Waals surface area (Å²) in [4.78, 5) is 0. The first-order chi connectivity index (χ1) is 28.3. The van der Waals surface area contributed by atoms with Crippen LogP contribution in [0.5, 0.6) is 0 Å². The van der Waals surface area contributed by atoms with Crippen LogP contribution >= 0.6 is 0 Å². The van der Waals surface area contributed by atoms with Crippen molar-refractivity contribution in [1.82, 2.24) is 9.13 Å². The highest BCUT2D eigenvalue weighted by Crippen LogP contribution is 2.51. The number of nitrogens with one attached hydrogen (secondary N) is 1. The molecule has 0 fully saturated rings. The number of rotatable bonds is 8. The van der Waals surface area contributed by atoms with Crippen LogP contribution in [0.15, 0.2) is 134 Å². The molecule has 2 aromatic heterocycles. The van der Waals surface area contributed by atoms with E-state index in [4.69, 9.17) is 11.1 Å². The maximum absolute atomic E-state index is 8.52. The van der Waals surface area contributed by atoms with Gasteiger partial charge in [0.15, 0.2) is 0 Å². The Morgan fingerprint density at radius 2 is 1.16 bits per heavy atom. The summed E-state index contributed by atoms with van der Waals surface area (Å²) in [5.74, 6) is 0.